The Morgan fingerprint density at radius 3 is 2.33 bits per heavy atom. The van der Waals surface area contributed by atoms with Gasteiger partial charge in [-0.2, -0.15) is 0 Å². The van der Waals surface area contributed by atoms with Crippen molar-refractivity contribution < 1.29 is 4.74 Å². The first-order valence-electron chi connectivity index (χ1n) is 9.25. The molecule has 1 heterocycles. The number of ether oxygens (including phenoxy) is 1. The quantitative estimate of drug-likeness (QED) is 0.256. The number of aliphatic imine (C=N–C) groups is 1. The van der Waals surface area contributed by atoms with Crippen LogP contribution in [0.5, 0.6) is 0 Å². The van der Waals surface area contributed by atoms with Crippen molar-refractivity contribution in [1.29, 1.82) is 0 Å². The van der Waals surface area contributed by atoms with Gasteiger partial charge >= 0.3 is 0 Å². The Morgan fingerprint density at radius 2 is 1.79 bits per heavy atom. The van der Waals surface area contributed by atoms with E-state index < -0.39 is 0 Å². The molecule has 144 valence electrons. The molecule has 1 rings (SSSR count). The van der Waals surface area contributed by atoms with Gasteiger partial charge in [-0.3, -0.25) is 9.89 Å². The average Bonchev–Trinajstić information content (AvgIpc) is 2.47. The number of hydrogen-bond acceptors (Lipinski definition) is 3. The SMILES string of the molecule is CN=C(NCCCN1CC(C)OC(C)C1)NC(C)CCC(C)C.I. The Morgan fingerprint density at radius 1 is 1.17 bits per heavy atom. The van der Waals surface area contributed by atoms with E-state index in [1.54, 1.807) is 0 Å². The highest BCUT2D eigenvalue weighted by molar-refractivity contribution is 14.0. The lowest BCUT2D eigenvalue weighted by Gasteiger charge is -2.35. The second kappa shape index (κ2) is 13.2. The molecule has 0 aromatic carbocycles. The molecule has 0 radical (unpaired) electrons. The van der Waals surface area contributed by atoms with E-state index in [0.717, 1.165) is 44.5 Å². The maximum atomic E-state index is 5.78. The maximum absolute atomic E-state index is 5.78. The van der Waals surface area contributed by atoms with E-state index in [1.165, 1.54) is 12.8 Å². The van der Waals surface area contributed by atoms with Crippen LogP contribution in [0.3, 0.4) is 0 Å². The molecule has 3 unspecified atom stereocenters. The molecule has 5 nitrogen and oxygen atoms in total. The molecular weight excluding hydrogens is 415 g/mol. The van der Waals surface area contributed by atoms with Gasteiger partial charge in [0.25, 0.3) is 0 Å². The fraction of sp³-hybridized carbons (Fsp3) is 0.944. The number of rotatable bonds is 8. The minimum Gasteiger partial charge on any atom is -0.373 e. The molecule has 3 atom stereocenters. The van der Waals surface area contributed by atoms with Gasteiger partial charge in [0.2, 0.25) is 0 Å². The minimum atomic E-state index is 0. The first-order chi connectivity index (χ1) is 10.9. The van der Waals surface area contributed by atoms with E-state index in [2.05, 4.69) is 55.1 Å². The Balaban J connectivity index is 0.00000529. The predicted molar refractivity (Wildman–Crippen MR) is 115 cm³/mol. The minimum absolute atomic E-state index is 0. The van der Waals surface area contributed by atoms with Crippen LogP contribution >= 0.6 is 24.0 Å². The van der Waals surface area contributed by atoms with Crippen LogP contribution in [0.25, 0.3) is 0 Å². The largest absolute Gasteiger partial charge is 0.373 e. The lowest BCUT2D eigenvalue weighted by atomic mass is 10.0. The molecule has 0 spiro atoms. The van der Waals surface area contributed by atoms with Crippen LogP contribution < -0.4 is 10.6 Å². The van der Waals surface area contributed by atoms with Crippen LogP contribution in [-0.2, 0) is 4.74 Å². The molecule has 6 heteroatoms. The third kappa shape index (κ3) is 10.7. The van der Waals surface area contributed by atoms with Crippen molar-refractivity contribution in [2.45, 2.75) is 72.1 Å². The number of guanidine groups is 1. The zero-order valence-corrected chi connectivity index (χ0v) is 18.8. The van der Waals surface area contributed by atoms with E-state index in [9.17, 15) is 0 Å². The van der Waals surface area contributed by atoms with Crippen molar-refractivity contribution in [2.24, 2.45) is 10.9 Å². The number of nitrogens with one attached hydrogen (secondary N) is 2. The molecule has 0 aromatic rings. The Hall–Kier alpha value is -0.0800. The van der Waals surface area contributed by atoms with Crippen molar-refractivity contribution in [2.75, 3.05) is 33.2 Å². The Kier molecular flexibility index (Phi) is 13.1. The third-order valence-corrected chi connectivity index (χ3v) is 4.22. The molecule has 1 aliphatic heterocycles. The lowest BCUT2D eigenvalue weighted by molar-refractivity contribution is -0.0679. The molecule has 1 saturated heterocycles. The smallest absolute Gasteiger partial charge is 0.191 e. The van der Waals surface area contributed by atoms with Crippen LogP contribution in [0.4, 0.5) is 0 Å². The summed E-state index contributed by atoms with van der Waals surface area (Å²) in [5.74, 6) is 1.68. The summed E-state index contributed by atoms with van der Waals surface area (Å²) in [7, 11) is 1.84. The van der Waals surface area contributed by atoms with Crippen LogP contribution in [0.1, 0.15) is 53.9 Å². The van der Waals surface area contributed by atoms with Crippen molar-refractivity contribution in [3.05, 3.63) is 0 Å². The third-order valence-electron chi connectivity index (χ3n) is 4.22. The molecule has 1 aliphatic rings. The lowest BCUT2D eigenvalue weighted by Crippen LogP contribution is -2.47. The standard InChI is InChI=1S/C18H38N4O.HI/c1-14(2)8-9-15(3)21-18(19-6)20-10-7-11-22-12-16(4)23-17(5)13-22;/h14-17H,7-13H2,1-6H3,(H2,19,20,21);1H. The zero-order valence-electron chi connectivity index (χ0n) is 16.5. The highest BCUT2D eigenvalue weighted by atomic mass is 127. The van der Waals surface area contributed by atoms with Crippen LogP contribution in [-0.4, -0.2) is 62.3 Å². The van der Waals surface area contributed by atoms with Gasteiger partial charge in [-0.25, -0.2) is 0 Å². The number of halogens is 1. The molecule has 0 aliphatic carbocycles. The Bertz CT molecular complexity index is 342. The van der Waals surface area contributed by atoms with Gasteiger partial charge in [0.05, 0.1) is 12.2 Å². The van der Waals surface area contributed by atoms with Gasteiger partial charge in [-0.05, 0) is 46.0 Å². The molecule has 0 aromatic heterocycles. The fourth-order valence-corrected chi connectivity index (χ4v) is 3.06. The van der Waals surface area contributed by atoms with Crippen molar-refractivity contribution in [1.82, 2.24) is 15.5 Å². The highest BCUT2D eigenvalue weighted by Gasteiger charge is 2.21. The van der Waals surface area contributed by atoms with Gasteiger partial charge < -0.3 is 15.4 Å². The van der Waals surface area contributed by atoms with E-state index in [1.807, 2.05) is 7.05 Å². The van der Waals surface area contributed by atoms with Crippen LogP contribution in [0.15, 0.2) is 4.99 Å². The van der Waals surface area contributed by atoms with Crippen molar-refractivity contribution in [3.63, 3.8) is 0 Å². The summed E-state index contributed by atoms with van der Waals surface area (Å²) in [4.78, 5) is 6.83. The number of morpholine rings is 1. The normalized spacial score (nSPS) is 23.7. The second-order valence-corrected chi connectivity index (χ2v) is 7.39. The zero-order chi connectivity index (χ0) is 17.2. The first kappa shape index (κ1) is 23.9. The fourth-order valence-electron chi connectivity index (χ4n) is 3.06. The van der Waals surface area contributed by atoms with E-state index >= 15 is 0 Å². The van der Waals surface area contributed by atoms with E-state index in [-0.39, 0.29) is 24.0 Å². The molecule has 0 bridgehead atoms. The van der Waals surface area contributed by atoms with Crippen molar-refractivity contribution >= 4 is 29.9 Å². The van der Waals surface area contributed by atoms with Gasteiger partial charge in [0.1, 0.15) is 0 Å². The van der Waals surface area contributed by atoms with Crippen molar-refractivity contribution in [3.8, 4) is 0 Å². The Labute approximate surface area is 166 Å². The molecule has 2 N–H and O–H groups in total. The molecule has 24 heavy (non-hydrogen) atoms. The second-order valence-electron chi connectivity index (χ2n) is 7.39. The number of hydrogen-bond donors (Lipinski definition) is 2. The molecule has 0 amide bonds. The summed E-state index contributed by atoms with van der Waals surface area (Å²) in [6.07, 6.45) is 4.26. The van der Waals surface area contributed by atoms with E-state index in [4.69, 9.17) is 4.74 Å². The topological polar surface area (TPSA) is 48.9 Å². The molecular formula is C18H39IN4O. The first-order valence-corrected chi connectivity index (χ1v) is 9.25. The summed E-state index contributed by atoms with van der Waals surface area (Å²) in [6.45, 7) is 15.2. The van der Waals surface area contributed by atoms with Gasteiger partial charge in [0.15, 0.2) is 5.96 Å². The summed E-state index contributed by atoms with van der Waals surface area (Å²) >= 11 is 0. The molecule has 1 fully saturated rings. The summed E-state index contributed by atoms with van der Waals surface area (Å²) in [6, 6.07) is 0.463. The summed E-state index contributed by atoms with van der Waals surface area (Å²) < 4.78 is 5.78. The highest BCUT2D eigenvalue weighted by Crippen LogP contribution is 2.10. The maximum Gasteiger partial charge on any atom is 0.191 e. The summed E-state index contributed by atoms with van der Waals surface area (Å²) in [5, 5.41) is 6.91. The number of nitrogens with zero attached hydrogens (tertiary/aromatic N) is 2. The van der Waals surface area contributed by atoms with Crippen LogP contribution in [0.2, 0.25) is 0 Å². The average molecular weight is 454 g/mol. The molecule has 0 saturated carbocycles. The van der Waals surface area contributed by atoms with Gasteiger partial charge in [0, 0.05) is 39.3 Å². The van der Waals surface area contributed by atoms with Gasteiger partial charge in [-0.15, -0.1) is 24.0 Å². The predicted octanol–water partition coefficient (Wildman–Crippen LogP) is 3.09. The monoisotopic (exact) mass is 454 g/mol. The summed E-state index contributed by atoms with van der Waals surface area (Å²) in [5.41, 5.74) is 0. The van der Waals surface area contributed by atoms with E-state index in [0.29, 0.717) is 18.2 Å². The van der Waals surface area contributed by atoms with Gasteiger partial charge in [-0.1, -0.05) is 13.8 Å². The van der Waals surface area contributed by atoms with Crippen LogP contribution in [0, 0.1) is 5.92 Å².